The summed E-state index contributed by atoms with van der Waals surface area (Å²) in [5.74, 6) is 0. The molecule has 1 heterocycles. The Balaban J connectivity index is 2.32. The van der Waals surface area contributed by atoms with Gasteiger partial charge in [0.2, 0.25) is 0 Å². The molecule has 0 saturated heterocycles. The first kappa shape index (κ1) is 10.9. The number of fused-ring (bicyclic) bond motifs is 1. The second kappa shape index (κ2) is 4.94. The lowest BCUT2D eigenvalue weighted by atomic mass is 10.1. The highest BCUT2D eigenvalue weighted by molar-refractivity contribution is 5.90. The van der Waals surface area contributed by atoms with Gasteiger partial charge in [-0.25, -0.2) is 0 Å². The number of hydrogen-bond acceptors (Lipinski definition) is 3. The number of pyridine rings is 1. The quantitative estimate of drug-likeness (QED) is 0.769. The first-order valence-electron chi connectivity index (χ1n) is 5.61. The lowest BCUT2D eigenvalue weighted by molar-refractivity contribution is 0.875. The van der Waals surface area contributed by atoms with Gasteiger partial charge in [-0.3, -0.25) is 4.98 Å². The maximum Gasteiger partial charge on any atom is 0.0936 e. The van der Waals surface area contributed by atoms with Crippen LogP contribution in [0.5, 0.6) is 0 Å². The van der Waals surface area contributed by atoms with Crippen LogP contribution in [0.3, 0.4) is 0 Å². The van der Waals surface area contributed by atoms with Crippen molar-refractivity contribution in [3.8, 4) is 0 Å². The third-order valence-electron chi connectivity index (χ3n) is 2.56. The van der Waals surface area contributed by atoms with Gasteiger partial charge in [0.25, 0.3) is 0 Å². The largest absolute Gasteiger partial charge is 0.383 e. The zero-order valence-electron chi connectivity index (χ0n) is 9.53. The van der Waals surface area contributed by atoms with Crippen LogP contribution in [-0.2, 0) is 0 Å². The highest BCUT2D eigenvalue weighted by atomic mass is 14.9. The topological polar surface area (TPSA) is 50.9 Å². The van der Waals surface area contributed by atoms with Crippen LogP contribution in [0.15, 0.2) is 30.3 Å². The van der Waals surface area contributed by atoms with Gasteiger partial charge in [-0.15, -0.1) is 0 Å². The molecule has 84 valence electrons. The van der Waals surface area contributed by atoms with Crippen molar-refractivity contribution in [2.24, 2.45) is 5.73 Å². The number of nitrogens with zero attached hydrogens (tertiary/aromatic N) is 1. The number of rotatable bonds is 4. The molecule has 0 bridgehead atoms. The molecule has 2 rings (SSSR count). The first-order chi connectivity index (χ1) is 7.81. The van der Waals surface area contributed by atoms with E-state index >= 15 is 0 Å². The van der Waals surface area contributed by atoms with Crippen molar-refractivity contribution in [3.05, 3.63) is 36.0 Å². The van der Waals surface area contributed by atoms with E-state index in [-0.39, 0.29) is 0 Å². The Bertz CT molecular complexity index is 480. The summed E-state index contributed by atoms with van der Waals surface area (Å²) in [6.45, 7) is 3.62. The van der Waals surface area contributed by atoms with Gasteiger partial charge < -0.3 is 11.1 Å². The fourth-order valence-corrected chi connectivity index (χ4v) is 1.71. The third kappa shape index (κ3) is 2.31. The molecule has 1 aromatic carbocycles. The summed E-state index contributed by atoms with van der Waals surface area (Å²) >= 11 is 0. The van der Waals surface area contributed by atoms with Crippen LogP contribution in [0.2, 0.25) is 0 Å². The van der Waals surface area contributed by atoms with Crippen molar-refractivity contribution in [3.63, 3.8) is 0 Å². The van der Waals surface area contributed by atoms with E-state index in [4.69, 9.17) is 5.73 Å². The molecule has 0 spiro atoms. The van der Waals surface area contributed by atoms with Gasteiger partial charge in [0.1, 0.15) is 0 Å². The van der Waals surface area contributed by atoms with Gasteiger partial charge in [0, 0.05) is 17.6 Å². The Hall–Kier alpha value is -1.61. The van der Waals surface area contributed by atoms with Crippen LogP contribution in [-0.4, -0.2) is 18.1 Å². The fourth-order valence-electron chi connectivity index (χ4n) is 1.71. The smallest absolute Gasteiger partial charge is 0.0936 e. The van der Waals surface area contributed by atoms with E-state index in [1.165, 1.54) is 5.39 Å². The van der Waals surface area contributed by atoms with Crippen LogP contribution in [0, 0.1) is 6.92 Å². The van der Waals surface area contributed by atoms with Gasteiger partial charge in [-0.2, -0.15) is 0 Å². The summed E-state index contributed by atoms with van der Waals surface area (Å²) in [5.41, 5.74) is 8.65. The second-order valence-corrected chi connectivity index (χ2v) is 3.90. The van der Waals surface area contributed by atoms with Crippen molar-refractivity contribution >= 4 is 16.6 Å². The Morgan fingerprint density at radius 3 is 2.94 bits per heavy atom. The Kier molecular flexibility index (Phi) is 3.37. The summed E-state index contributed by atoms with van der Waals surface area (Å²) in [4.78, 5) is 4.56. The first-order valence-corrected chi connectivity index (χ1v) is 5.61. The van der Waals surface area contributed by atoms with Gasteiger partial charge >= 0.3 is 0 Å². The second-order valence-electron chi connectivity index (χ2n) is 3.90. The van der Waals surface area contributed by atoms with Crippen LogP contribution in [0.1, 0.15) is 12.1 Å². The molecule has 0 unspecified atom stereocenters. The predicted octanol–water partition coefficient (Wildman–Crippen LogP) is 2.30. The summed E-state index contributed by atoms with van der Waals surface area (Å²) < 4.78 is 0. The molecule has 0 saturated carbocycles. The zero-order chi connectivity index (χ0) is 11.4. The average molecular weight is 215 g/mol. The molecule has 1 aromatic heterocycles. The molecule has 16 heavy (non-hydrogen) atoms. The van der Waals surface area contributed by atoms with Crippen LogP contribution < -0.4 is 11.1 Å². The van der Waals surface area contributed by atoms with Crippen LogP contribution in [0.25, 0.3) is 10.9 Å². The van der Waals surface area contributed by atoms with Gasteiger partial charge in [0.15, 0.2) is 0 Å². The van der Waals surface area contributed by atoms with E-state index in [0.29, 0.717) is 6.54 Å². The van der Waals surface area contributed by atoms with Crippen molar-refractivity contribution in [1.82, 2.24) is 4.98 Å². The fraction of sp³-hybridized carbons (Fsp3) is 0.308. The Morgan fingerprint density at radius 2 is 2.12 bits per heavy atom. The maximum absolute atomic E-state index is 5.47. The summed E-state index contributed by atoms with van der Waals surface area (Å²) in [6.07, 6.45) is 0.974. The molecule has 3 heteroatoms. The highest BCUT2D eigenvalue weighted by Crippen LogP contribution is 2.21. The molecule has 3 N–H and O–H groups in total. The number of nitrogens with two attached hydrogens (primary N) is 1. The lowest BCUT2D eigenvalue weighted by Gasteiger charge is -2.08. The van der Waals surface area contributed by atoms with Gasteiger partial charge in [-0.1, -0.05) is 18.2 Å². The number of benzene rings is 1. The number of aromatic nitrogens is 1. The number of anilines is 1. The van der Waals surface area contributed by atoms with E-state index in [1.54, 1.807) is 0 Å². The molecule has 2 aromatic rings. The van der Waals surface area contributed by atoms with Crippen molar-refractivity contribution < 1.29 is 0 Å². The highest BCUT2D eigenvalue weighted by Gasteiger charge is 2.01. The molecule has 0 aliphatic rings. The van der Waals surface area contributed by atoms with Crippen LogP contribution >= 0.6 is 0 Å². The summed E-state index contributed by atoms with van der Waals surface area (Å²) in [7, 11) is 0. The molecule has 0 aliphatic heterocycles. The predicted molar refractivity (Wildman–Crippen MR) is 68.6 cm³/mol. The van der Waals surface area contributed by atoms with Crippen molar-refractivity contribution in [2.45, 2.75) is 13.3 Å². The van der Waals surface area contributed by atoms with E-state index in [0.717, 1.165) is 29.9 Å². The molecule has 0 aliphatic carbocycles. The zero-order valence-corrected chi connectivity index (χ0v) is 9.53. The van der Waals surface area contributed by atoms with Gasteiger partial charge in [0.05, 0.1) is 11.2 Å². The molecular weight excluding hydrogens is 198 g/mol. The Morgan fingerprint density at radius 1 is 1.25 bits per heavy atom. The van der Waals surface area contributed by atoms with Crippen molar-refractivity contribution in [1.29, 1.82) is 0 Å². The number of para-hydroxylation sites is 1. The maximum atomic E-state index is 5.47. The average Bonchev–Trinajstić information content (AvgIpc) is 2.30. The molecule has 0 atom stereocenters. The Labute approximate surface area is 95.7 Å². The van der Waals surface area contributed by atoms with Crippen LogP contribution in [0.4, 0.5) is 5.69 Å². The van der Waals surface area contributed by atoms with Gasteiger partial charge in [-0.05, 0) is 32.0 Å². The standard InChI is InChI=1S/C13H17N3/c1-10-6-7-11-4-2-5-12(13(11)16-10)15-9-3-8-14/h2,4-7,15H,3,8-9,14H2,1H3. The number of nitrogens with one attached hydrogen (secondary N) is 1. The van der Waals surface area contributed by atoms with Crippen molar-refractivity contribution in [2.75, 3.05) is 18.4 Å². The van der Waals surface area contributed by atoms with E-state index in [9.17, 15) is 0 Å². The minimum absolute atomic E-state index is 0.713. The van der Waals surface area contributed by atoms with E-state index < -0.39 is 0 Å². The third-order valence-corrected chi connectivity index (χ3v) is 2.56. The van der Waals surface area contributed by atoms with E-state index in [1.807, 2.05) is 19.1 Å². The lowest BCUT2D eigenvalue weighted by Crippen LogP contribution is -2.08. The molecular formula is C13H17N3. The summed E-state index contributed by atoms with van der Waals surface area (Å²) in [6, 6.07) is 10.3. The summed E-state index contributed by atoms with van der Waals surface area (Å²) in [5, 5.41) is 4.54. The minimum atomic E-state index is 0.713. The SMILES string of the molecule is Cc1ccc2cccc(NCCCN)c2n1. The molecule has 0 amide bonds. The normalized spacial score (nSPS) is 10.6. The minimum Gasteiger partial charge on any atom is -0.383 e. The molecule has 0 fully saturated rings. The number of aryl methyl sites for hydroxylation is 1. The monoisotopic (exact) mass is 215 g/mol. The van der Waals surface area contributed by atoms with E-state index in [2.05, 4.69) is 28.5 Å². The molecule has 3 nitrogen and oxygen atoms in total. The molecule has 0 radical (unpaired) electrons. The number of hydrogen-bond donors (Lipinski definition) is 2.